The summed E-state index contributed by atoms with van der Waals surface area (Å²) in [7, 11) is -2.17. The van der Waals surface area contributed by atoms with Crippen LogP contribution in [0.3, 0.4) is 0 Å². The van der Waals surface area contributed by atoms with Crippen LogP contribution in [-0.2, 0) is 9.36 Å². The average Bonchev–Trinajstić information content (AvgIpc) is 2.10. The van der Waals surface area contributed by atoms with Crippen molar-refractivity contribution in [3.63, 3.8) is 0 Å². The van der Waals surface area contributed by atoms with Crippen molar-refractivity contribution < 1.29 is 14.5 Å². The second kappa shape index (κ2) is 6.33. The lowest BCUT2D eigenvalue weighted by Crippen LogP contribution is -2.30. The molecular weight excluding hydrogens is 225 g/mol. The second-order valence-electron chi connectivity index (χ2n) is 4.57. The van der Waals surface area contributed by atoms with Crippen molar-refractivity contribution in [1.82, 2.24) is 5.32 Å². The van der Waals surface area contributed by atoms with E-state index < -0.39 is 13.2 Å². The lowest BCUT2D eigenvalue weighted by Gasteiger charge is -2.20. The molecule has 0 radical (unpaired) electrons. The summed E-state index contributed by atoms with van der Waals surface area (Å²) < 4.78 is 11.7. The molecule has 0 aliphatic carbocycles. The third-order valence-electron chi connectivity index (χ3n) is 2.51. The number of ketones is 1. The van der Waals surface area contributed by atoms with Crippen molar-refractivity contribution in [2.75, 3.05) is 19.9 Å². The van der Waals surface area contributed by atoms with E-state index in [2.05, 4.69) is 11.9 Å². The van der Waals surface area contributed by atoms with Crippen LogP contribution in [0.25, 0.3) is 0 Å². The molecule has 0 fully saturated rings. The van der Waals surface area contributed by atoms with Gasteiger partial charge in [0.1, 0.15) is 5.78 Å². The van der Waals surface area contributed by atoms with Crippen LogP contribution in [0.5, 0.6) is 0 Å². The third-order valence-corrected chi connectivity index (χ3v) is 4.56. The van der Waals surface area contributed by atoms with Gasteiger partial charge in [0.05, 0.1) is 19.0 Å². The van der Waals surface area contributed by atoms with E-state index in [1.165, 1.54) is 6.92 Å². The molecule has 0 spiro atoms. The fourth-order valence-corrected chi connectivity index (χ4v) is 1.56. The Kier molecular flexibility index (Phi) is 6.16. The van der Waals surface area contributed by atoms with E-state index in [1.54, 1.807) is 13.3 Å². The van der Waals surface area contributed by atoms with Gasteiger partial charge in [0, 0.05) is 13.0 Å². The molecule has 0 heterocycles. The molecule has 0 amide bonds. The van der Waals surface area contributed by atoms with E-state index in [-0.39, 0.29) is 18.0 Å². The zero-order valence-corrected chi connectivity index (χ0v) is 11.4. The number of hydrogen-bond acceptors (Lipinski definition) is 4. The van der Waals surface area contributed by atoms with E-state index >= 15 is 0 Å². The van der Waals surface area contributed by atoms with Crippen molar-refractivity contribution in [3.05, 3.63) is 12.2 Å². The lowest BCUT2D eigenvalue weighted by atomic mass is 10.1. The molecule has 5 heteroatoms. The first-order chi connectivity index (χ1) is 7.14. The number of Topliss-reactive ketones (excluding diaryl/α,β-unsaturated/α-hetero) is 1. The van der Waals surface area contributed by atoms with E-state index in [4.69, 9.17) is 0 Å². The molecular formula is C11H22NO3P. The van der Waals surface area contributed by atoms with Gasteiger partial charge in [-0.3, -0.25) is 4.79 Å². The highest BCUT2D eigenvalue weighted by molar-refractivity contribution is 7.63. The smallest absolute Gasteiger partial charge is 0.132 e. The van der Waals surface area contributed by atoms with E-state index in [9.17, 15) is 14.5 Å². The van der Waals surface area contributed by atoms with Gasteiger partial charge in [0.2, 0.25) is 0 Å². The quantitative estimate of drug-likeness (QED) is 0.527. The highest BCUT2D eigenvalue weighted by atomic mass is 31.2. The zero-order chi connectivity index (χ0) is 12.9. The van der Waals surface area contributed by atoms with Crippen molar-refractivity contribution in [2.24, 2.45) is 0 Å². The van der Waals surface area contributed by atoms with Crippen molar-refractivity contribution >= 4 is 12.9 Å². The molecule has 0 aromatic rings. The molecule has 0 saturated heterocycles. The fourth-order valence-electron chi connectivity index (χ4n) is 1.03. The molecule has 16 heavy (non-hydrogen) atoms. The maximum absolute atomic E-state index is 11.7. The van der Waals surface area contributed by atoms with Crippen LogP contribution in [0.15, 0.2) is 12.2 Å². The predicted molar refractivity (Wildman–Crippen MR) is 67.4 cm³/mol. The van der Waals surface area contributed by atoms with Crippen molar-refractivity contribution in [3.8, 4) is 0 Å². The summed E-state index contributed by atoms with van der Waals surface area (Å²) in [4.78, 5) is 10.8. The Hall–Kier alpha value is -0.440. The monoisotopic (exact) mass is 247 g/mol. The summed E-state index contributed by atoms with van der Waals surface area (Å²) in [6, 6.07) is 0. The number of rotatable bonds is 7. The van der Waals surface area contributed by atoms with Gasteiger partial charge in [-0.1, -0.05) is 6.58 Å². The highest BCUT2D eigenvalue weighted by Crippen LogP contribution is 2.40. The van der Waals surface area contributed by atoms with Crippen LogP contribution < -0.4 is 5.32 Å². The SMILES string of the molecule is C=C(CNC(C)P(C)(C)=O)C(O)CC(C)=O. The van der Waals surface area contributed by atoms with Crippen LogP contribution >= 0.6 is 7.14 Å². The molecule has 2 atom stereocenters. The lowest BCUT2D eigenvalue weighted by molar-refractivity contribution is -0.118. The van der Waals surface area contributed by atoms with Gasteiger partial charge in [-0.2, -0.15) is 0 Å². The van der Waals surface area contributed by atoms with Crippen LogP contribution in [0.4, 0.5) is 0 Å². The zero-order valence-electron chi connectivity index (χ0n) is 10.5. The number of aliphatic hydroxyl groups is 1. The molecule has 4 nitrogen and oxygen atoms in total. The minimum absolute atomic E-state index is 0.0710. The molecule has 0 aromatic carbocycles. The Balaban J connectivity index is 4.08. The maximum Gasteiger partial charge on any atom is 0.132 e. The van der Waals surface area contributed by atoms with E-state index in [0.29, 0.717) is 12.1 Å². The second-order valence-corrected chi connectivity index (χ2v) is 8.21. The summed E-state index contributed by atoms with van der Waals surface area (Å²) in [5, 5.41) is 12.6. The Morgan fingerprint density at radius 1 is 1.50 bits per heavy atom. The molecule has 2 N–H and O–H groups in total. The van der Waals surface area contributed by atoms with E-state index in [0.717, 1.165) is 0 Å². The number of nitrogens with one attached hydrogen (secondary N) is 1. The highest BCUT2D eigenvalue weighted by Gasteiger charge is 2.18. The van der Waals surface area contributed by atoms with Crippen molar-refractivity contribution in [1.29, 1.82) is 0 Å². The largest absolute Gasteiger partial charge is 0.388 e. The van der Waals surface area contributed by atoms with Crippen LogP contribution in [0.1, 0.15) is 20.3 Å². The van der Waals surface area contributed by atoms with Crippen LogP contribution in [0.2, 0.25) is 0 Å². The van der Waals surface area contributed by atoms with Gasteiger partial charge in [0.15, 0.2) is 0 Å². The summed E-state index contributed by atoms with van der Waals surface area (Å²) in [6.45, 7) is 10.8. The standard InChI is InChI=1S/C11H22NO3P/c1-8(11(14)6-9(2)13)7-12-10(3)16(4,5)15/h10-12,14H,1,6-7H2,2-5H3. The molecule has 0 aliphatic rings. The van der Waals surface area contributed by atoms with Gasteiger partial charge in [0.25, 0.3) is 0 Å². The van der Waals surface area contributed by atoms with Gasteiger partial charge < -0.3 is 15.0 Å². The summed E-state index contributed by atoms with van der Waals surface area (Å²) in [5.74, 6) is -0.188. The predicted octanol–water partition coefficient (Wildman–Crippen LogP) is 1.44. The minimum Gasteiger partial charge on any atom is -0.388 e. The van der Waals surface area contributed by atoms with Gasteiger partial charge in [-0.25, -0.2) is 0 Å². The van der Waals surface area contributed by atoms with E-state index in [1.807, 2.05) is 6.92 Å². The fraction of sp³-hybridized carbons (Fsp3) is 0.727. The first-order valence-corrected chi connectivity index (χ1v) is 7.95. The van der Waals surface area contributed by atoms with Gasteiger partial charge in [-0.05, 0) is 32.8 Å². The number of carbonyl (C=O) groups excluding carboxylic acids is 1. The Morgan fingerprint density at radius 3 is 2.38 bits per heavy atom. The Bertz CT molecular complexity index is 308. The third kappa shape index (κ3) is 6.21. The normalized spacial score (nSPS) is 15.6. The summed E-state index contributed by atoms with van der Waals surface area (Å²) in [5.41, 5.74) is 0.551. The molecule has 0 aliphatic heterocycles. The molecule has 94 valence electrons. The average molecular weight is 247 g/mol. The van der Waals surface area contributed by atoms with Crippen molar-refractivity contribution in [2.45, 2.75) is 32.2 Å². The van der Waals surface area contributed by atoms with Gasteiger partial charge >= 0.3 is 0 Å². The first kappa shape index (κ1) is 15.6. The molecule has 0 saturated carbocycles. The molecule has 0 bridgehead atoms. The maximum atomic E-state index is 11.7. The Morgan fingerprint density at radius 2 is 2.00 bits per heavy atom. The minimum atomic E-state index is -2.17. The topological polar surface area (TPSA) is 66.4 Å². The number of aliphatic hydroxyl groups excluding tert-OH is 1. The van der Waals surface area contributed by atoms with Gasteiger partial charge in [-0.15, -0.1) is 0 Å². The molecule has 2 unspecified atom stereocenters. The summed E-state index contributed by atoms with van der Waals surface area (Å²) in [6.07, 6.45) is -0.726. The molecule has 0 aromatic heterocycles. The number of carbonyl (C=O) groups is 1. The molecule has 0 rings (SSSR count). The van der Waals surface area contributed by atoms with Crippen LogP contribution in [-0.4, -0.2) is 42.7 Å². The first-order valence-electron chi connectivity index (χ1n) is 5.27. The Labute approximate surface area is 97.5 Å². The van der Waals surface area contributed by atoms with Crippen LogP contribution in [0, 0.1) is 0 Å². The number of hydrogen-bond donors (Lipinski definition) is 2. The summed E-state index contributed by atoms with van der Waals surface area (Å²) >= 11 is 0.